The van der Waals surface area contributed by atoms with Gasteiger partial charge in [0.1, 0.15) is 23.9 Å². The van der Waals surface area contributed by atoms with Gasteiger partial charge in [-0.3, -0.25) is 14.3 Å². The van der Waals surface area contributed by atoms with Gasteiger partial charge in [0.2, 0.25) is 0 Å². The summed E-state index contributed by atoms with van der Waals surface area (Å²) >= 11 is 0. The molecule has 178 valence electrons. The van der Waals surface area contributed by atoms with E-state index in [1.807, 2.05) is 36.5 Å². The van der Waals surface area contributed by atoms with Gasteiger partial charge in [-0.1, -0.05) is 24.3 Å². The highest BCUT2D eigenvalue weighted by molar-refractivity contribution is 5.92. The second-order valence-corrected chi connectivity index (χ2v) is 9.48. The lowest BCUT2D eigenvalue weighted by molar-refractivity contribution is 0.0668. The monoisotopic (exact) mass is 470 g/mol. The summed E-state index contributed by atoms with van der Waals surface area (Å²) in [5.41, 5.74) is 5.98. The van der Waals surface area contributed by atoms with E-state index in [-0.39, 0.29) is 24.4 Å². The molecule has 3 aromatic carbocycles. The Hall–Kier alpha value is -3.64. The molecule has 6 rings (SSSR count). The number of fused-ring (bicyclic) bond motifs is 5. The van der Waals surface area contributed by atoms with Gasteiger partial charge in [0, 0.05) is 59.9 Å². The Morgan fingerprint density at radius 1 is 1.06 bits per heavy atom. The number of hydrogen-bond acceptors (Lipinski definition) is 5. The molecule has 0 aliphatic carbocycles. The van der Waals surface area contributed by atoms with Crippen LogP contribution in [0.5, 0.6) is 17.2 Å². The zero-order valence-electron chi connectivity index (χ0n) is 19.6. The van der Waals surface area contributed by atoms with Crippen LogP contribution in [0.1, 0.15) is 22.8 Å². The Morgan fingerprint density at radius 3 is 2.69 bits per heavy atom. The summed E-state index contributed by atoms with van der Waals surface area (Å²) in [6.45, 7) is 4.84. The highest BCUT2D eigenvalue weighted by atomic mass is 19.1. The van der Waals surface area contributed by atoms with E-state index in [4.69, 9.17) is 9.47 Å². The zero-order chi connectivity index (χ0) is 23.9. The number of phenolic OH excluding ortho intramolecular Hbond substituents is 1. The maximum Gasteiger partial charge on any atom is 0.150 e. The van der Waals surface area contributed by atoms with Crippen LogP contribution >= 0.6 is 0 Å². The molecule has 0 radical (unpaired) electrons. The molecule has 6 heteroatoms. The number of aromatic hydroxyl groups is 1. The third-order valence-electron chi connectivity index (χ3n) is 6.94. The van der Waals surface area contributed by atoms with E-state index in [0.717, 1.165) is 69.9 Å². The Labute approximate surface area is 203 Å². The first-order valence-electron chi connectivity index (χ1n) is 12.0. The third kappa shape index (κ3) is 4.08. The molecule has 0 spiro atoms. The number of nitrogens with zero attached hydrogens (tertiary/aromatic N) is 2. The topological polar surface area (TPSA) is 54.8 Å². The highest BCUT2D eigenvalue weighted by Crippen LogP contribution is 2.47. The number of halogens is 1. The Balaban J connectivity index is 1.30. The lowest BCUT2D eigenvalue weighted by atomic mass is 9.87. The molecule has 1 saturated heterocycles. The fourth-order valence-electron chi connectivity index (χ4n) is 5.06. The van der Waals surface area contributed by atoms with E-state index in [2.05, 4.69) is 35.0 Å². The maximum absolute atomic E-state index is 12.6. The van der Waals surface area contributed by atoms with Crippen molar-refractivity contribution in [3.63, 3.8) is 0 Å². The first-order valence-corrected chi connectivity index (χ1v) is 12.0. The van der Waals surface area contributed by atoms with Gasteiger partial charge in [-0.2, -0.15) is 0 Å². The zero-order valence-corrected chi connectivity index (χ0v) is 19.6. The summed E-state index contributed by atoms with van der Waals surface area (Å²) in [5, 5.41) is 10.9. The number of hydrogen-bond donors (Lipinski definition) is 1. The van der Waals surface area contributed by atoms with Crippen molar-refractivity contribution in [2.75, 3.05) is 32.9 Å². The van der Waals surface area contributed by atoms with Crippen molar-refractivity contribution in [3.8, 4) is 28.4 Å². The minimum Gasteiger partial charge on any atom is -0.508 e. The molecule has 1 fully saturated rings. The molecule has 5 nitrogen and oxygen atoms in total. The molecule has 0 amide bonds. The van der Waals surface area contributed by atoms with Crippen LogP contribution < -0.4 is 9.47 Å². The predicted octanol–water partition coefficient (Wildman–Crippen LogP) is 5.68. The van der Waals surface area contributed by atoms with Crippen molar-refractivity contribution in [2.24, 2.45) is 5.92 Å². The van der Waals surface area contributed by atoms with Gasteiger partial charge in [0.05, 0.1) is 12.2 Å². The van der Waals surface area contributed by atoms with E-state index < -0.39 is 0 Å². The molecule has 1 unspecified atom stereocenters. The summed E-state index contributed by atoms with van der Waals surface area (Å²) in [7, 11) is 0. The smallest absolute Gasteiger partial charge is 0.150 e. The van der Waals surface area contributed by atoms with Gasteiger partial charge in [-0.25, -0.2) is 0 Å². The van der Waals surface area contributed by atoms with Crippen LogP contribution in [0.15, 0.2) is 66.9 Å². The first kappa shape index (κ1) is 21.9. The number of likely N-dealkylation sites (tertiary alicyclic amines) is 1. The van der Waals surface area contributed by atoms with Gasteiger partial charge in [0.25, 0.3) is 0 Å². The number of aromatic nitrogens is 1. The van der Waals surface area contributed by atoms with Crippen molar-refractivity contribution in [1.29, 1.82) is 0 Å². The minimum absolute atomic E-state index is 0.189. The van der Waals surface area contributed by atoms with Gasteiger partial charge >= 0.3 is 0 Å². The number of pyridine rings is 1. The van der Waals surface area contributed by atoms with Gasteiger partial charge in [-0.05, 0) is 48.4 Å². The van der Waals surface area contributed by atoms with Crippen molar-refractivity contribution >= 4 is 10.9 Å². The van der Waals surface area contributed by atoms with E-state index in [1.165, 1.54) is 0 Å². The molecule has 2 aliphatic heterocycles. The predicted molar refractivity (Wildman–Crippen MR) is 134 cm³/mol. The number of alkyl halides is 1. The first-order chi connectivity index (χ1) is 17.1. The van der Waals surface area contributed by atoms with Gasteiger partial charge in [-0.15, -0.1) is 0 Å². The summed E-state index contributed by atoms with van der Waals surface area (Å²) in [6, 6.07) is 19.5. The van der Waals surface area contributed by atoms with Crippen LogP contribution in [0.25, 0.3) is 22.0 Å². The number of rotatable bonds is 6. The van der Waals surface area contributed by atoms with Crippen LogP contribution in [-0.2, 0) is 0 Å². The largest absolute Gasteiger partial charge is 0.508 e. The Morgan fingerprint density at radius 2 is 1.89 bits per heavy atom. The Kier molecular flexibility index (Phi) is 5.53. The molecular formula is C29H27FN2O3. The van der Waals surface area contributed by atoms with E-state index in [0.29, 0.717) is 6.61 Å². The molecule has 4 aromatic rings. The van der Waals surface area contributed by atoms with Crippen molar-refractivity contribution < 1.29 is 19.0 Å². The molecule has 1 atom stereocenters. The summed E-state index contributed by atoms with van der Waals surface area (Å²) in [4.78, 5) is 6.84. The maximum atomic E-state index is 12.6. The average Bonchev–Trinajstić information content (AvgIpc) is 2.84. The van der Waals surface area contributed by atoms with Gasteiger partial charge in [0.15, 0.2) is 6.10 Å². The fraction of sp³-hybridized carbons (Fsp3) is 0.276. The average molecular weight is 471 g/mol. The van der Waals surface area contributed by atoms with Gasteiger partial charge < -0.3 is 14.6 Å². The normalized spacial score (nSPS) is 17.4. The van der Waals surface area contributed by atoms with E-state index in [1.54, 1.807) is 12.1 Å². The van der Waals surface area contributed by atoms with Crippen molar-refractivity contribution in [3.05, 3.63) is 83.6 Å². The quantitative estimate of drug-likeness (QED) is 0.393. The molecular weight excluding hydrogens is 443 g/mol. The number of ether oxygens (including phenoxy) is 2. The fourth-order valence-corrected chi connectivity index (χ4v) is 5.06. The molecule has 2 aliphatic rings. The van der Waals surface area contributed by atoms with E-state index >= 15 is 0 Å². The molecule has 1 aromatic heterocycles. The van der Waals surface area contributed by atoms with Crippen molar-refractivity contribution in [2.45, 2.75) is 13.0 Å². The molecule has 3 heterocycles. The summed E-state index contributed by atoms with van der Waals surface area (Å²) < 4.78 is 25.1. The third-order valence-corrected chi connectivity index (χ3v) is 6.94. The molecule has 0 bridgehead atoms. The molecule has 0 saturated carbocycles. The molecule has 35 heavy (non-hydrogen) atoms. The SMILES string of the molecule is Cc1ccc2c(c1)OC(c1ccc(OCCN3CC(CF)C3)cc1)c1c-2cnc2cc(O)ccc12. The standard InChI is InChI=1S/C29H27FN2O3/c1-18-2-8-23-25-15-31-26-13-21(33)5-9-24(26)28(25)29(35-27(23)12-18)20-3-6-22(7-4-20)34-11-10-32-16-19(14-30)17-32/h2-9,12-13,15,19,29,33H,10-11,14,16-17H2,1H3. The minimum atomic E-state index is -0.317. The number of benzene rings is 3. The van der Waals surface area contributed by atoms with Crippen LogP contribution in [0, 0.1) is 12.8 Å². The lowest BCUT2D eigenvalue weighted by Crippen LogP contribution is -2.49. The van der Waals surface area contributed by atoms with Crippen LogP contribution in [0.4, 0.5) is 4.39 Å². The summed E-state index contributed by atoms with van der Waals surface area (Å²) in [6.07, 6.45) is 1.56. The Bertz CT molecular complexity index is 1380. The second kappa shape index (κ2) is 8.86. The summed E-state index contributed by atoms with van der Waals surface area (Å²) in [5.74, 6) is 2.02. The highest BCUT2D eigenvalue weighted by Gasteiger charge is 2.30. The second-order valence-electron chi connectivity index (χ2n) is 9.48. The van der Waals surface area contributed by atoms with Crippen LogP contribution in [0.3, 0.4) is 0 Å². The van der Waals surface area contributed by atoms with Crippen LogP contribution in [0.2, 0.25) is 0 Å². The lowest BCUT2D eigenvalue weighted by Gasteiger charge is -2.37. The van der Waals surface area contributed by atoms with Crippen LogP contribution in [-0.4, -0.2) is 47.9 Å². The van der Waals surface area contributed by atoms with Crippen molar-refractivity contribution in [1.82, 2.24) is 9.88 Å². The number of phenols is 1. The molecule has 1 N–H and O–H groups in total. The van der Waals surface area contributed by atoms with E-state index in [9.17, 15) is 9.50 Å². The number of aryl methyl sites for hydroxylation is 1.